The zero-order chi connectivity index (χ0) is 14.1. The lowest BCUT2D eigenvalue weighted by Crippen LogP contribution is -2.51. The molecule has 0 spiro atoms. The lowest BCUT2D eigenvalue weighted by Gasteiger charge is -2.24. The second kappa shape index (κ2) is 8.74. The summed E-state index contributed by atoms with van der Waals surface area (Å²) in [6.07, 6.45) is 0. The molecule has 0 bridgehead atoms. The molecular weight excluding hydrogens is 234 g/mol. The number of carbonyl (C=O) groups excluding carboxylic acids is 2. The number of carbonyl (C=O) groups is 2. The molecule has 106 valence electrons. The molecule has 0 rings (SSSR count). The molecule has 0 fully saturated rings. The van der Waals surface area contributed by atoms with Gasteiger partial charge in [-0.15, -0.1) is 0 Å². The molecule has 0 aliphatic rings. The topological polar surface area (TPSA) is 70.7 Å². The van der Waals surface area contributed by atoms with E-state index in [1.165, 1.54) is 0 Å². The molecule has 0 aliphatic heterocycles. The molecule has 0 aromatic carbocycles. The van der Waals surface area contributed by atoms with Gasteiger partial charge in [0.25, 0.3) is 0 Å². The van der Waals surface area contributed by atoms with Crippen molar-refractivity contribution < 1.29 is 14.3 Å². The summed E-state index contributed by atoms with van der Waals surface area (Å²) in [6, 6.07) is -0.974. The summed E-state index contributed by atoms with van der Waals surface area (Å²) in [7, 11) is 1.57. The Balaban J connectivity index is 4.18. The molecule has 0 heterocycles. The monoisotopic (exact) mass is 259 g/mol. The summed E-state index contributed by atoms with van der Waals surface area (Å²) in [4.78, 5) is 25.2. The van der Waals surface area contributed by atoms with Gasteiger partial charge in [0.05, 0.1) is 12.6 Å². The van der Waals surface area contributed by atoms with Crippen LogP contribution in [0.2, 0.25) is 0 Å². The van der Waals surface area contributed by atoms with Crippen molar-refractivity contribution in [2.24, 2.45) is 0 Å². The Labute approximate surface area is 109 Å². The Bertz CT molecular complexity index is 267. The van der Waals surface area contributed by atoms with E-state index in [0.29, 0.717) is 19.7 Å². The van der Waals surface area contributed by atoms with Crippen LogP contribution in [0.25, 0.3) is 0 Å². The van der Waals surface area contributed by atoms with Gasteiger partial charge in [-0.2, -0.15) is 0 Å². The SMILES string of the molecule is CCN(CC)C(=O)C(C)NC(=O)NC(C)COC. The predicted molar refractivity (Wildman–Crippen MR) is 70.4 cm³/mol. The van der Waals surface area contributed by atoms with E-state index in [4.69, 9.17) is 4.74 Å². The quantitative estimate of drug-likeness (QED) is 0.702. The average molecular weight is 259 g/mol. The van der Waals surface area contributed by atoms with Crippen LogP contribution in [-0.2, 0) is 9.53 Å². The fraction of sp³-hybridized carbons (Fsp3) is 0.833. The average Bonchev–Trinajstić information content (AvgIpc) is 2.30. The molecule has 2 atom stereocenters. The molecule has 0 aliphatic carbocycles. The molecule has 2 N–H and O–H groups in total. The Hall–Kier alpha value is -1.30. The molecule has 6 heteroatoms. The van der Waals surface area contributed by atoms with Crippen LogP contribution in [0, 0.1) is 0 Å². The van der Waals surface area contributed by atoms with Gasteiger partial charge in [0.15, 0.2) is 0 Å². The molecule has 0 aromatic rings. The van der Waals surface area contributed by atoms with Crippen LogP contribution < -0.4 is 10.6 Å². The third-order valence-electron chi connectivity index (χ3n) is 2.59. The van der Waals surface area contributed by atoms with E-state index in [9.17, 15) is 9.59 Å². The molecule has 2 unspecified atom stereocenters. The van der Waals surface area contributed by atoms with Crippen LogP contribution in [0.5, 0.6) is 0 Å². The minimum atomic E-state index is -0.528. The second-order valence-corrected chi connectivity index (χ2v) is 4.21. The van der Waals surface area contributed by atoms with Gasteiger partial charge in [0.2, 0.25) is 5.91 Å². The third kappa shape index (κ3) is 5.86. The van der Waals surface area contributed by atoms with Crippen LogP contribution >= 0.6 is 0 Å². The maximum atomic E-state index is 11.9. The van der Waals surface area contributed by atoms with Crippen LogP contribution in [0.3, 0.4) is 0 Å². The Morgan fingerprint density at radius 2 is 1.72 bits per heavy atom. The lowest BCUT2D eigenvalue weighted by molar-refractivity contribution is -0.132. The first-order valence-electron chi connectivity index (χ1n) is 6.30. The zero-order valence-corrected chi connectivity index (χ0v) is 11.9. The van der Waals surface area contributed by atoms with Crippen molar-refractivity contribution in [2.75, 3.05) is 26.8 Å². The number of methoxy groups -OCH3 is 1. The van der Waals surface area contributed by atoms with Gasteiger partial charge < -0.3 is 20.3 Å². The van der Waals surface area contributed by atoms with E-state index in [1.807, 2.05) is 20.8 Å². The number of likely N-dealkylation sites (N-methyl/N-ethyl adjacent to an activating group) is 1. The molecule has 0 saturated heterocycles. The van der Waals surface area contributed by atoms with Crippen LogP contribution in [0.15, 0.2) is 0 Å². The summed E-state index contributed by atoms with van der Waals surface area (Å²) in [5.41, 5.74) is 0. The van der Waals surface area contributed by atoms with Gasteiger partial charge in [-0.25, -0.2) is 4.79 Å². The lowest BCUT2D eigenvalue weighted by atomic mass is 10.3. The highest BCUT2D eigenvalue weighted by atomic mass is 16.5. The minimum absolute atomic E-state index is 0.0745. The number of hydrogen-bond donors (Lipinski definition) is 2. The zero-order valence-electron chi connectivity index (χ0n) is 11.9. The van der Waals surface area contributed by atoms with E-state index in [0.717, 1.165) is 0 Å². The maximum Gasteiger partial charge on any atom is 0.315 e. The van der Waals surface area contributed by atoms with E-state index < -0.39 is 6.04 Å². The summed E-state index contributed by atoms with van der Waals surface area (Å²) >= 11 is 0. The Kier molecular flexibility index (Phi) is 8.11. The van der Waals surface area contributed by atoms with E-state index in [-0.39, 0.29) is 18.0 Å². The first-order chi connectivity index (χ1) is 8.46. The van der Waals surface area contributed by atoms with E-state index >= 15 is 0 Å². The Morgan fingerprint density at radius 3 is 2.17 bits per heavy atom. The van der Waals surface area contributed by atoms with Gasteiger partial charge in [-0.3, -0.25) is 4.79 Å². The number of ether oxygens (including phenoxy) is 1. The molecule has 0 aromatic heterocycles. The molecular formula is C12H25N3O3. The van der Waals surface area contributed by atoms with Crippen molar-refractivity contribution in [1.82, 2.24) is 15.5 Å². The number of nitrogens with one attached hydrogen (secondary N) is 2. The maximum absolute atomic E-state index is 11.9. The van der Waals surface area contributed by atoms with Crippen molar-refractivity contribution in [1.29, 1.82) is 0 Å². The fourth-order valence-corrected chi connectivity index (χ4v) is 1.62. The molecule has 3 amide bonds. The van der Waals surface area contributed by atoms with Gasteiger partial charge in [0, 0.05) is 20.2 Å². The van der Waals surface area contributed by atoms with Gasteiger partial charge in [-0.1, -0.05) is 0 Å². The summed E-state index contributed by atoms with van der Waals surface area (Å²) < 4.78 is 4.91. The van der Waals surface area contributed by atoms with E-state index in [1.54, 1.807) is 18.9 Å². The molecule has 0 saturated carbocycles. The molecule has 18 heavy (non-hydrogen) atoms. The van der Waals surface area contributed by atoms with Crippen molar-refractivity contribution in [3.8, 4) is 0 Å². The largest absolute Gasteiger partial charge is 0.383 e. The van der Waals surface area contributed by atoms with Crippen molar-refractivity contribution >= 4 is 11.9 Å². The predicted octanol–water partition coefficient (Wildman–Crippen LogP) is 0.577. The van der Waals surface area contributed by atoms with Crippen molar-refractivity contribution in [3.63, 3.8) is 0 Å². The van der Waals surface area contributed by atoms with Crippen molar-refractivity contribution in [2.45, 2.75) is 39.8 Å². The smallest absolute Gasteiger partial charge is 0.315 e. The van der Waals surface area contributed by atoms with Gasteiger partial charge in [0.1, 0.15) is 6.04 Å². The molecule has 6 nitrogen and oxygen atoms in total. The van der Waals surface area contributed by atoms with Crippen molar-refractivity contribution in [3.05, 3.63) is 0 Å². The van der Waals surface area contributed by atoms with Crippen LogP contribution in [-0.4, -0.2) is 55.7 Å². The summed E-state index contributed by atoms with van der Waals surface area (Å²) in [6.45, 7) is 9.06. The Morgan fingerprint density at radius 1 is 1.17 bits per heavy atom. The normalized spacial score (nSPS) is 13.6. The number of rotatable bonds is 7. The summed E-state index contributed by atoms with van der Waals surface area (Å²) in [5, 5.41) is 5.32. The minimum Gasteiger partial charge on any atom is -0.383 e. The number of urea groups is 1. The standard InChI is InChI=1S/C12H25N3O3/c1-6-15(7-2)11(16)10(4)14-12(17)13-9(3)8-18-5/h9-10H,6-8H2,1-5H3,(H2,13,14,17). The van der Waals surface area contributed by atoms with Crippen LogP contribution in [0.1, 0.15) is 27.7 Å². The number of nitrogens with zero attached hydrogens (tertiary/aromatic N) is 1. The van der Waals surface area contributed by atoms with Gasteiger partial charge in [-0.05, 0) is 27.7 Å². The highest BCUT2D eigenvalue weighted by Crippen LogP contribution is 1.95. The third-order valence-corrected chi connectivity index (χ3v) is 2.59. The first-order valence-corrected chi connectivity index (χ1v) is 6.30. The fourth-order valence-electron chi connectivity index (χ4n) is 1.62. The number of amides is 3. The highest BCUT2D eigenvalue weighted by molar-refractivity contribution is 5.86. The second-order valence-electron chi connectivity index (χ2n) is 4.21. The van der Waals surface area contributed by atoms with E-state index in [2.05, 4.69) is 10.6 Å². The first kappa shape index (κ1) is 16.7. The summed E-state index contributed by atoms with van der Waals surface area (Å²) in [5.74, 6) is -0.0745. The van der Waals surface area contributed by atoms with Crippen LogP contribution in [0.4, 0.5) is 4.79 Å². The highest BCUT2D eigenvalue weighted by Gasteiger charge is 2.20. The molecule has 0 radical (unpaired) electrons. The van der Waals surface area contributed by atoms with Gasteiger partial charge >= 0.3 is 6.03 Å². The number of hydrogen-bond acceptors (Lipinski definition) is 3.